The molecule has 9 aromatic carbocycles. The summed E-state index contributed by atoms with van der Waals surface area (Å²) in [6.45, 7) is 0. The fraction of sp³-hybridized carbons (Fsp3) is 0.0179. The lowest BCUT2D eigenvalue weighted by Crippen LogP contribution is -2.26. The molecule has 1 heteroatoms. The van der Waals surface area contributed by atoms with E-state index in [1.54, 1.807) is 0 Å². The monoisotopic (exact) mass is 721 g/mol. The lowest BCUT2D eigenvalue weighted by atomic mass is 9.69. The van der Waals surface area contributed by atoms with Crippen molar-refractivity contribution in [1.29, 1.82) is 0 Å². The molecule has 57 heavy (non-hydrogen) atoms. The van der Waals surface area contributed by atoms with Crippen molar-refractivity contribution in [2.75, 3.05) is 0 Å². The van der Waals surface area contributed by atoms with Crippen molar-refractivity contribution in [1.82, 2.24) is 4.98 Å². The number of nitrogens with zero attached hydrogens (tertiary/aromatic N) is 1. The molecule has 1 aromatic heterocycles. The van der Waals surface area contributed by atoms with Gasteiger partial charge in [0.2, 0.25) is 0 Å². The number of hydrogen-bond donors (Lipinski definition) is 0. The summed E-state index contributed by atoms with van der Waals surface area (Å²) in [7, 11) is 0. The quantitative estimate of drug-likeness (QED) is 0.165. The number of rotatable bonds is 4. The van der Waals surface area contributed by atoms with Gasteiger partial charge in [0, 0.05) is 17.3 Å². The maximum Gasteiger partial charge on any atom is 0.0732 e. The van der Waals surface area contributed by atoms with E-state index in [0.29, 0.717) is 0 Å². The summed E-state index contributed by atoms with van der Waals surface area (Å²) in [4.78, 5) is 5.36. The summed E-state index contributed by atoms with van der Waals surface area (Å²) in [5, 5.41) is 4.92. The Kier molecular flexibility index (Phi) is 6.91. The Hall–Kier alpha value is -7.35. The minimum Gasteiger partial charge on any atom is -0.256 e. The smallest absolute Gasteiger partial charge is 0.0732 e. The van der Waals surface area contributed by atoms with Crippen LogP contribution in [0.3, 0.4) is 0 Å². The third-order valence-corrected chi connectivity index (χ3v) is 12.6. The molecule has 264 valence electrons. The molecule has 0 atom stereocenters. The van der Waals surface area contributed by atoms with Crippen LogP contribution in [0.1, 0.15) is 22.3 Å². The van der Waals surface area contributed by atoms with Gasteiger partial charge in [-0.05, 0) is 99.9 Å². The highest BCUT2D eigenvalue weighted by atomic mass is 14.7. The standard InChI is InChI=1S/C56H35N/c1-2-15-36(16-3-1)37-29-31-38(32-30-37)53-43-20-4-6-22-45(43)54(46-23-7-5-21-44(46)53)39-33-34-52(57-35-39)48-25-14-24-47-42-19-10-13-28-51(42)56(55(47)48)49-26-11-8-17-40(49)41-18-9-12-27-50(41)56/h1-35H. The fourth-order valence-electron chi connectivity index (χ4n) is 10.3. The molecule has 12 rings (SSSR count). The van der Waals surface area contributed by atoms with Crippen molar-refractivity contribution in [3.63, 3.8) is 0 Å². The van der Waals surface area contributed by atoms with Gasteiger partial charge in [-0.3, -0.25) is 4.98 Å². The van der Waals surface area contributed by atoms with Gasteiger partial charge < -0.3 is 0 Å². The SMILES string of the molecule is c1ccc(-c2ccc(-c3c4ccccc4c(-c4ccc(-c5cccc6c5C5(c7ccccc7-c7ccccc75)c5ccccc5-6)nc4)c4ccccc34)cc2)cc1. The van der Waals surface area contributed by atoms with Crippen LogP contribution in [0, 0.1) is 0 Å². The van der Waals surface area contributed by atoms with Crippen LogP contribution in [-0.2, 0) is 5.41 Å². The minimum absolute atomic E-state index is 0.433. The van der Waals surface area contributed by atoms with Crippen molar-refractivity contribution < 1.29 is 0 Å². The lowest BCUT2D eigenvalue weighted by molar-refractivity contribution is 0.795. The van der Waals surface area contributed by atoms with E-state index in [-0.39, 0.29) is 0 Å². The molecule has 2 aliphatic carbocycles. The van der Waals surface area contributed by atoms with E-state index < -0.39 is 5.41 Å². The first-order valence-corrected chi connectivity index (χ1v) is 19.8. The van der Waals surface area contributed by atoms with Gasteiger partial charge in [0.15, 0.2) is 0 Å². The van der Waals surface area contributed by atoms with Gasteiger partial charge in [-0.2, -0.15) is 0 Å². The van der Waals surface area contributed by atoms with Gasteiger partial charge >= 0.3 is 0 Å². The summed E-state index contributed by atoms with van der Waals surface area (Å²) in [6, 6.07) is 75.7. The molecule has 10 aromatic rings. The third kappa shape index (κ3) is 4.48. The van der Waals surface area contributed by atoms with Crippen LogP contribution in [0.5, 0.6) is 0 Å². The topological polar surface area (TPSA) is 12.9 Å². The summed E-state index contributed by atoms with van der Waals surface area (Å²) >= 11 is 0. The fourth-order valence-corrected chi connectivity index (χ4v) is 10.3. The molecule has 0 fully saturated rings. The zero-order chi connectivity index (χ0) is 37.5. The summed E-state index contributed by atoms with van der Waals surface area (Å²) < 4.78 is 0. The second-order valence-electron chi connectivity index (χ2n) is 15.3. The number of hydrogen-bond acceptors (Lipinski definition) is 1. The van der Waals surface area contributed by atoms with Crippen LogP contribution >= 0.6 is 0 Å². The molecule has 1 nitrogen and oxygen atoms in total. The summed E-state index contributed by atoms with van der Waals surface area (Å²) in [5.74, 6) is 0. The number of pyridine rings is 1. The Morgan fingerprint density at radius 2 is 0.684 bits per heavy atom. The molecule has 0 unspecified atom stereocenters. The maximum absolute atomic E-state index is 5.36. The van der Waals surface area contributed by atoms with Gasteiger partial charge in [-0.25, -0.2) is 0 Å². The van der Waals surface area contributed by atoms with E-state index in [1.807, 2.05) is 0 Å². The van der Waals surface area contributed by atoms with Crippen LogP contribution in [0.4, 0.5) is 0 Å². The number of benzene rings is 9. The van der Waals surface area contributed by atoms with Gasteiger partial charge in [0.25, 0.3) is 0 Å². The van der Waals surface area contributed by atoms with Crippen LogP contribution in [0.25, 0.3) is 88.4 Å². The van der Waals surface area contributed by atoms with E-state index in [9.17, 15) is 0 Å². The molecule has 0 aliphatic heterocycles. The second kappa shape index (κ2) is 12.3. The number of aromatic nitrogens is 1. The van der Waals surface area contributed by atoms with Gasteiger partial charge in [-0.1, -0.05) is 200 Å². The highest BCUT2D eigenvalue weighted by molar-refractivity contribution is 6.21. The summed E-state index contributed by atoms with van der Waals surface area (Å²) in [5.41, 5.74) is 19.5. The molecule has 0 saturated heterocycles. The highest BCUT2D eigenvalue weighted by Crippen LogP contribution is 2.64. The zero-order valence-electron chi connectivity index (χ0n) is 31.2. The minimum atomic E-state index is -0.433. The van der Waals surface area contributed by atoms with E-state index in [2.05, 4.69) is 212 Å². The largest absolute Gasteiger partial charge is 0.256 e. The average Bonchev–Trinajstić information content (AvgIpc) is 3.76. The van der Waals surface area contributed by atoms with Gasteiger partial charge in [0.1, 0.15) is 0 Å². The molecule has 0 radical (unpaired) electrons. The van der Waals surface area contributed by atoms with E-state index in [0.717, 1.165) is 11.3 Å². The van der Waals surface area contributed by atoms with E-state index in [1.165, 1.54) is 99.4 Å². The molecule has 0 saturated carbocycles. The van der Waals surface area contributed by atoms with Gasteiger partial charge in [0.05, 0.1) is 11.1 Å². The first-order chi connectivity index (χ1) is 28.3. The van der Waals surface area contributed by atoms with Crippen molar-refractivity contribution in [2.45, 2.75) is 5.41 Å². The van der Waals surface area contributed by atoms with Crippen LogP contribution in [0.2, 0.25) is 0 Å². The van der Waals surface area contributed by atoms with E-state index in [4.69, 9.17) is 4.98 Å². The molecule has 0 bridgehead atoms. The molecule has 1 spiro atoms. The molecule has 1 heterocycles. The Bertz CT molecular complexity index is 3090. The van der Waals surface area contributed by atoms with Crippen molar-refractivity contribution in [3.8, 4) is 66.9 Å². The van der Waals surface area contributed by atoms with Crippen LogP contribution < -0.4 is 0 Å². The molecule has 2 aliphatic rings. The Balaban J connectivity index is 1.04. The Morgan fingerprint density at radius 1 is 0.281 bits per heavy atom. The first kappa shape index (κ1) is 31.9. The zero-order valence-corrected chi connectivity index (χ0v) is 31.2. The van der Waals surface area contributed by atoms with Crippen molar-refractivity contribution >= 4 is 21.5 Å². The second-order valence-corrected chi connectivity index (χ2v) is 15.3. The van der Waals surface area contributed by atoms with Crippen LogP contribution in [-0.4, -0.2) is 4.98 Å². The van der Waals surface area contributed by atoms with E-state index >= 15 is 0 Å². The first-order valence-electron chi connectivity index (χ1n) is 19.8. The Labute approximate surface area is 332 Å². The van der Waals surface area contributed by atoms with Crippen molar-refractivity contribution in [3.05, 3.63) is 235 Å². The Morgan fingerprint density at radius 3 is 1.23 bits per heavy atom. The molecular weight excluding hydrogens is 687 g/mol. The van der Waals surface area contributed by atoms with Crippen LogP contribution in [0.15, 0.2) is 212 Å². The normalized spacial score (nSPS) is 13.1. The molecule has 0 amide bonds. The third-order valence-electron chi connectivity index (χ3n) is 12.6. The lowest BCUT2D eigenvalue weighted by Gasteiger charge is -2.32. The number of fused-ring (bicyclic) bond motifs is 12. The molecule has 0 N–H and O–H groups in total. The predicted octanol–water partition coefficient (Wildman–Crippen LogP) is 14.4. The summed E-state index contributed by atoms with van der Waals surface area (Å²) in [6.07, 6.45) is 2.10. The highest BCUT2D eigenvalue weighted by Gasteiger charge is 2.52. The molecular formula is C56H35N. The predicted molar refractivity (Wildman–Crippen MR) is 237 cm³/mol. The average molecular weight is 722 g/mol. The maximum atomic E-state index is 5.36. The van der Waals surface area contributed by atoms with Crippen molar-refractivity contribution in [2.24, 2.45) is 0 Å². The van der Waals surface area contributed by atoms with Gasteiger partial charge in [-0.15, -0.1) is 0 Å².